The molecule has 0 aliphatic heterocycles. The van der Waals surface area contributed by atoms with E-state index in [0.29, 0.717) is 5.56 Å². The molecule has 1 aromatic carbocycles. The maximum atomic E-state index is 10.5. The fourth-order valence-electron chi connectivity index (χ4n) is 1.04. The second-order valence-corrected chi connectivity index (χ2v) is 2.35. The molecule has 0 fully saturated rings. The third-order valence-electron chi connectivity index (χ3n) is 1.64. The second kappa shape index (κ2) is 3.55. The van der Waals surface area contributed by atoms with Crippen molar-refractivity contribution in [2.24, 2.45) is 0 Å². The molecule has 0 aliphatic rings. The lowest BCUT2D eigenvalue weighted by Crippen LogP contribution is -1.93. The number of nitro benzene ring substituents is 1. The summed E-state index contributed by atoms with van der Waals surface area (Å²) in [4.78, 5) is 10.0. The SMILES string of the molecule is C#Cc1c(C=C)cccc1[N+](=O)[O-]. The van der Waals surface area contributed by atoms with Gasteiger partial charge in [0.25, 0.3) is 5.69 Å². The number of terminal acetylenes is 1. The predicted octanol–water partition coefficient (Wildman–Crippen LogP) is 2.22. The molecule has 0 aliphatic carbocycles. The van der Waals surface area contributed by atoms with Gasteiger partial charge >= 0.3 is 0 Å². The van der Waals surface area contributed by atoms with Gasteiger partial charge in [-0.2, -0.15) is 0 Å². The van der Waals surface area contributed by atoms with Gasteiger partial charge in [-0.15, -0.1) is 6.42 Å². The fourth-order valence-corrected chi connectivity index (χ4v) is 1.04. The monoisotopic (exact) mass is 173 g/mol. The van der Waals surface area contributed by atoms with Crippen molar-refractivity contribution in [3.05, 3.63) is 46.0 Å². The minimum absolute atomic E-state index is 0.0556. The number of nitrogens with zero attached hydrogens (tertiary/aromatic N) is 1. The first kappa shape index (κ1) is 9.01. The summed E-state index contributed by atoms with van der Waals surface area (Å²) in [5.41, 5.74) is 0.833. The Morgan fingerprint density at radius 1 is 1.62 bits per heavy atom. The number of nitro groups is 1. The summed E-state index contributed by atoms with van der Waals surface area (Å²) in [5, 5.41) is 10.5. The molecule has 3 heteroatoms. The van der Waals surface area contributed by atoms with Gasteiger partial charge in [0.2, 0.25) is 0 Å². The highest BCUT2D eigenvalue weighted by atomic mass is 16.6. The van der Waals surface area contributed by atoms with Crippen molar-refractivity contribution < 1.29 is 4.92 Å². The fraction of sp³-hybridized carbons (Fsp3) is 0. The van der Waals surface area contributed by atoms with Crippen molar-refractivity contribution in [1.82, 2.24) is 0 Å². The Kier molecular flexibility index (Phi) is 2.46. The molecule has 0 heterocycles. The van der Waals surface area contributed by atoms with Crippen LogP contribution >= 0.6 is 0 Å². The van der Waals surface area contributed by atoms with E-state index >= 15 is 0 Å². The molecule has 0 N–H and O–H groups in total. The molecule has 0 atom stereocenters. The molecule has 0 saturated carbocycles. The zero-order chi connectivity index (χ0) is 9.84. The Morgan fingerprint density at radius 2 is 2.31 bits per heavy atom. The van der Waals surface area contributed by atoms with Gasteiger partial charge in [0.15, 0.2) is 0 Å². The number of benzene rings is 1. The molecule has 1 rings (SSSR count). The predicted molar refractivity (Wildman–Crippen MR) is 51.1 cm³/mol. The van der Waals surface area contributed by atoms with Crippen LogP contribution in [0.4, 0.5) is 5.69 Å². The maximum absolute atomic E-state index is 10.5. The smallest absolute Gasteiger partial charge is 0.258 e. The van der Waals surface area contributed by atoms with Crippen LogP contribution in [0.15, 0.2) is 24.8 Å². The van der Waals surface area contributed by atoms with Crippen molar-refractivity contribution in [2.45, 2.75) is 0 Å². The molecule has 0 amide bonds. The van der Waals surface area contributed by atoms with Crippen LogP contribution in [-0.4, -0.2) is 4.92 Å². The molecule has 0 radical (unpaired) electrons. The van der Waals surface area contributed by atoms with Crippen LogP contribution in [-0.2, 0) is 0 Å². The number of hydrogen-bond acceptors (Lipinski definition) is 2. The van der Waals surface area contributed by atoms with Crippen LogP contribution in [0.25, 0.3) is 6.08 Å². The zero-order valence-electron chi connectivity index (χ0n) is 6.86. The van der Waals surface area contributed by atoms with Crippen molar-refractivity contribution in [2.75, 3.05) is 0 Å². The molecule has 0 spiro atoms. The second-order valence-electron chi connectivity index (χ2n) is 2.35. The molecule has 0 saturated heterocycles. The Balaban J connectivity index is 3.46. The first-order valence-corrected chi connectivity index (χ1v) is 3.57. The quantitative estimate of drug-likeness (QED) is 0.391. The topological polar surface area (TPSA) is 43.1 Å². The lowest BCUT2D eigenvalue weighted by molar-refractivity contribution is -0.385. The largest absolute Gasteiger partial charge is 0.285 e. The molecule has 3 nitrogen and oxygen atoms in total. The highest BCUT2D eigenvalue weighted by Crippen LogP contribution is 2.21. The molecule has 13 heavy (non-hydrogen) atoms. The average Bonchev–Trinajstić information content (AvgIpc) is 2.16. The third kappa shape index (κ3) is 1.57. The van der Waals surface area contributed by atoms with E-state index < -0.39 is 4.92 Å². The summed E-state index contributed by atoms with van der Waals surface area (Å²) < 4.78 is 0. The lowest BCUT2D eigenvalue weighted by Gasteiger charge is -1.98. The van der Waals surface area contributed by atoms with Gasteiger partial charge in [-0.05, 0) is 5.56 Å². The van der Waals surface area contributed by atoms with E-state index in [1.54, 1.807) is 12.1 Å². The van der Waals surface area contributed by atoms with E-state index in [1.165, 1.54) is 12.1 Å². The summed E-state index contributed by atoms with van der Waals surface area (Å²) in [6.07, 6.45) is 6.66. The maximum Gasteiger partial charge on any atom is 0.285 e. The third-order valence-corrected chi connectivity index (χ3v) is 1.64. The molecule has 0 aromatic heterocycles. The Labute approximate surface area is 75.9 Å². The van der Waals surface area contributed by atoms with E-state index in [4.69, 9.17) is 6.42 Å². The van der Waals surface area contributed by atoms with Gasteiger partial charge in [0.05, 0.1) is 4.92 Å². The van der Waals surface area contributed by atoms with Gasteiger partial charge in [-0.1, -0.05) is 30.7 Å². The average molecular weight is 173 g/mol. The van der Waals surface area contributed by atoms with E-state index in [0.717, 1.165) is 0 Å². The van der Waals surface area contributed by atoms with Gasteiger partial charge in [-0.3, -0.25) is 10.1 Å². The molecular weight excluding hydrogens is 166 g/mol. The molecule has 0 unspecified atom stereocenters. The van der Waals surface area contributed by atoms with E-state index in [2.05, 4.69) is 12.5 Å². The summed E-state index contributed by atoms with van der Waals surface area (Å²) >= 11 is 0. The first-order valence-electron chi connectivity index (χ1n) is 3.57. The van der Waals surface area contributed by atoms with Crippen molar-refractivity contribution in [1.29, 1.82) is 0 Å². The molecule has 64 valence electrons. The molecule has 1 aromatic rings. The van der Waals surface area contributed by atoms with E-state index in [9.17, 15) is 10.1 Å². The van der Waals surface area contributed by atoms with Crippen LogP contribution in [0, 0.1) is 22.5 Å². The van der Waals surface area contributed by atoms with Crippen LogP contribution in [0.5, 0.6) is 0 Å². The minimum atomic E-state index is -0.498. The van der Waals surface area contributed by atoms with Crippen LogP contribution in [0.1, 0.15) is 11.1 Å². The van der Waals surface area contributed by atoms with Crippen molar-refractivity contribution >= 4 is 11.8 Å². The van der Waals surface area contributed by atoms with Gasteiger partial charge in [0, 0.05) is 6.07 Å². The van der Waals surface area contributed by atoms with E-state index in [1.807, 2.05) is 0 Å². The highest BCUT2D eigenvalue weighted by Gasteiger charge is 2.13. The van der Waals surface area contributed by atoms with Crippen molar-refractivity contribution in [3.63, 3.8) is 0 Å². The number of hydrogen-bond donors (Lipinski definition) is 0. The highest BCUT2D eigenvalue weighted by molar-refractivity contribution is 5.65. The van der Waals surface area contributed by atoms with Crippen LogP contribution < -0.4 is 0 Å². The van der Waals surface area contributed by atoms with Crippen LogP contribution in [0.2, 0.25) is 0 Å². The number of rotatable bonds is 2. The van der Waals surface area contributed by atoms with Crippen LogP contribution in [0.3, 0.4) is 0 Å². The van der Waals surface area contributed by atoms with Gasteiger partial charge in [0.1, 0.15) is 5.56 Å². The van der Waals surface area contributed by atoms with Crippen molar-refractivity contribution in [3.8, 4) is 12.3 Å². The van der Waals surface area contributed by atoms with Gasteiger partial charge in [-0.25, -0.2) is 0 Å². The van der Waals surface area contributed by atoms with E-state index in [-0.39, 0.29) is 11.3 Å². The normalized spacial score (nSPS) is 8.85. The summed E-state index contributed by atoms with van der Waals surface area (Å²) in [7, 11) is 0. The summed E-state index contributed by atoms with van der Waals surface area (Å²) in [6.45, 7) is 3.52. The summed E-state index contributed by atoms with van der Waals surface area (Å²) in [5.74, 6) is 2.28. The Bertz CT molecular complexity index is 402. The standard InChI is InChI=1S/C10H7NO2/c1-3-8-6-5-7-10(11(12)13)9(8)4-2/h2-3,5-7H,1H2. The summed E-state index contributed by atoms with van der Waals surface area (Å²) in [6, 6.07) is 4.65. The minimum Gasteiger partial charge on any atom is -0.258 e. The zero-order valence-corrected chi connectivity index (χ0v) is 6.86. The first-order chi connectivity index (χ1) is 6.20. The Hall–Kier alpha value is -2.08. The van der Waals surface area contributed by atoms with Gasteiger partial charge < -0.3 is 0 Å². The lowest BCUT2D eigenvalue weighted by atomic mass is 10.1. The molecular formula is C10H7NO2. The molecule has 0 bridgehead atoms. The Morgan fingerprint density at radius 3 is 2.77 bits per heavy atom.